The van der Waals surface area contributed by atoms with E-state index >= 15 is 0 Å². The highest BCUT2D eigenvalue weighted by molar-refractivity contribution is 7.12. The van der Waals surface area contributed by atoms with Gasteiger partial charge in [0.25, 0.3) is 0 Å². The number of aromatic amines is 1. The van der Waals surface area contributed by atoms with Crippen LogP contribution < -0.4 is 0 Å². The second-order valence-electron chi connectivity index (χ2n) is 3.92. The Labute approximate surface area is 125 Å². The lowest BCUT2D eigenvalue weighted by Gasteiger charge is -1.94. The van der Waals surface area contributed by atoms with E-state index in [2.05, 4.69) is 9.97 Å². The minimum atomic E-state index is -1.13. The molecule has 0 unspecified atom stereocenters. The van der Waals surface area contributed by atoms with Gasteiger partial charge >= 0.3 is 5.97 Å². The van der Waals surface area contributed by atoms with E-state index in [4.69, 9.17) is 5.11 Å². The monoisotopic (exact) mass is 302 g/mol. The van der Waals surface area contributed by atoms with Crippen molar-refractivity contribution in [3.05, 3.63) is 52.1 Å². The predicted molar refractivity (Wildman–Crippen MR) is 82.2 cm³/mol. The molecule has 0 spiro atoms. The quantitative estimate of drug-likeness (QED) is 0.724. The molecule has 0 fully saturated rings. The molecular weight excluding hydrogens is 288 g/mol. The number of hydrogen-bond donors (Lipinski definition) is 2. The first-order chi connectivity index (χ1) is 10.2. The molecule has 0 bridgehead atoms. The smallest absolute Gasteiger partial charge is 0.355 e. The zero-order valence-electron chi connectivity index (χ0n) is 11.6. The molecular formula is C15H14N2O3S. The highest BCUT2D eigenvalue weighted by atomic mass is 32.1. The number of fused-ring (bicyclic) bond motifs is 1. The van der Waals surface area contributed by atoms with E-state index < -0.39 is 5.97 Å². The van der Waals surface area contributed by atoms with Crippen LogP contribution in [0.5, 0.6) is 0 Å². The van der Waals surface area contributed by atoms with Crippen LogP contribution in [-0.2, 0) is 0 Å². The first-order valence-corrected chi connectivity index (χ1v) is 7.34. The van der Waals surface area contributed by atoms with Gasteiger partial charge in [-0.1, -0.05) is 32.0 Å². The van der Waals surface area contributed by atoms with Gasteiger partial charge in [-0.25, -0.2) is 9.78 Å². The molecule has 0 aliphatic rings. The standard InChI is InChI=1S/C13H8N2O3S.C2H6/c16-11(12-15-10(6-19-12)13(17)18)8-5-14-9-4-2-1-3-7(8)9;1-2/h1-6,14H,(H,17,18);1-2H3. The zero-order chi connectivity index (χ0) is 15.4. The van der Waals surface area contributed by atoms with E-state index in [-0.39, 0.29) is 16.5 Å². The zero-order valence-corrected chi connectivity index (χ0v) is 12.4. The average Bonchev–Trinajstić information content (AvgIpc) is 3.16. The topological polar surface area (TPSA) is 83.0 Å². The number of carbonyl (C=O) groups excluding carboxylic acids is 1. The molecule has 0 amide bonds. The van der Waals surface area contributed by atoms with Crippen LogP contribution in [0.3, 0.4) is 0 Å². The summed E-state index contributed by atoms with van der Waals surface area (Å²) in [5.74, 6) is -1.40. The number of H-pyrrole nitrogens is 1. The SMILES string of the molecule is CC.O=C(O)c1csc(C(=O)c2c[nH]c3ccccc23)n1. The Hall–Kier alpha value is -2.47. The fraction of sp³-hybridized carbons (Fsp3) is 0.133. The molecule has 0 radical (unpaired) electrons. The van der Waals surface area contributed by atoms with Gasteiger partial charge in [0.1, 0.15) is 0 Å². The summed E-state index contributed by atoms with van der Waals surface area (Å²) in [6.45, 7) is 4.00. The molecule has 0 saturated carbocycles. The molecule has 6 heteroatoms. The van der Waals surface area contributed by atoms with E-state index in [0.717, 1.165) is 22.2 Å². The highest BCUT2D eigenvalue weighted by Crippen LogP contribution is 2.22. The number of para-hydroxylation sites is 1. The van der Waals surface area contributed by atoms with Gasteiger partial charge in [-0.3, -0.25) is 4.79 Å². The number of ketones is 1. The maximum Gasteiger partial charge on any atom is 0.355 e. The third-order valence-electron chi connectivity index (χ3n) is 2.75. The summed E-state index contributed by atoms with van der Waals surface area (Å²) in [6, 6.07) is 7.43. The lowest BCUT2D eigenvalue weighted by atomic mass is 10.1. The molecule has 3 aromatic rings. The first-order valence-electron chi connectivity index (χ1n) is 6.46. The number of benzene rings is 1. The van der Waals surface area contributed by atoms with Gasteiger partial charge in [-0.2, -0.15) is 0 Å². The van der Waals surface area contributed by atoms with Gasteiger partial charge in [0.05, 0.1) is 5.56 Å². The highest BCUT2D eigenvalue weighted by Gasteiger charge is 2.19. The van der Waals surface area contributed by atoms with Crippen LogP contribution in [0.25, 0.3) is 10.9 Å². The van der Waals surface area contributed by atoms with Crippen LogP contribution in [0.15, 0.2) is 35.8 Å². The Morgan fingerprint density at radius 2 is 1.95 bits per heavy atom. The minimum absolute atomic E-state index is 0.104. The van der Waals surface area contributed by atoms with Crippen LogP contribution in [0.2, 0.25) is 0 Å². The number of nitrogens with one attached hydrogen (secondary N) is 1. The van der Waals surface area contributed by atoms with Crippen LogP contribution in [0.4, 0.5) is 0 Å². The Bertz CT molecular complexity index is 789. The van der Waals surface area contributed by atoms with Crippen LogP contribution in [0.1, 0.15) is 39.7 Å². The van der Waals surface area contributed by atoms with E-state index in [9.17, 15) is 9.59 Å². The third kappa shape index (κ3) is 2.85. The molecule has 108 valence electrons. The molecule has 21 heavy (non-hydrogen) atoms. The number of carboxylic acids is 1. The van der Waals surface area contributed by atoms with Crippen molar-refractivity contribution in [3.8, 4) is 0 Å². The number of carbonyl (C=O) groups is 2. The van der Waals surface area contributed by atoms with Gasteiger partial charge in [0, 0.05) is 22.5 Å². The van der Waals surface area contributed by atoms with Gasteiger partial charge in [0.2, 0.25) is 5.78 Å². The van der Waals surface area contributed by atoms with Gasteiger partial charge < -0.3 is 10.1 Å². The van der Waals surface area contributed by atoms with E-state index in [1.165, 1.54) is 5.38 Å². The molecule has 1 aromatic carbocycles. The normalized spacial score (nSPS) is 10.0. The number of nitrogens with zero attached hydrogens (tertiary/aromatic N) is 1. The number of thiazole rings is 1. The molecule has 0 saturated heterocycles. The van der Waals surface area contributed by atoms with Crippen molar-refractivity contribution in [1.29, 1.82) is 0 Å². The van der Waals surface area contributed by atoms with E-state index in [1.54, 1.807) is 6.20 Å². The summed E-state index contributed by atoms with van der Waals surface area (Å²) in [6.07, 6.45) is 1.62. The van der Waals surface area contributed by atoms with Crippen molar-refractivity contribution in [1.82, 2.24) is 9.97 Å². The summed E-state index contributed by atoms with van der Waals surface area (Å²) in [4.78, 5) is 29.9. The summed E-state index contributed by atoms with van der Waals surface area (Å²) in [7, 11) is 0. The Morgan fingerprint density at radius 1 is 1.24 bits per heavy atom. The molecule has 0 atom stereocenters. The van der Waals surface area contributed by atoms with Gasteiger partial charge in [-0.15, -0.1) is 11.3 Å². The summed E-state index contributed by atoms with van der Waals surface area (Å²) in [5.41, 5.74) is 1.26. The second kappa shape index (κ2) is 6.32. The number of rotatable bonds is 3. The molecule has 0 aliphatic carbocycles. The average molecular weight is 302 g/mol. The fourth-order valence-corrected chi connectivity index (χ4v) is 2.60. The van der Waals surface area contributed by atoms with Gasteiger partial charge in [0.15, 0.2) is 10.7 Å². The lowest BCUT2D eigenvalue weighted by Crippen LogP contribution is -2.02. The Kier molecular flexibility index (Phi) is 4.49. The predicted octanol–water partition coefficient (Wildman–Crippen LogP) is 3.58. The molecule has 2 aromatic heterocycles. The van der Waals surface area contributed by atoms with Gasteiger partial charge in [-0.05, 0) is 6.07 Å². The Morgan fingerprint density at radius 3 is 2.62 bits per heavy atom. The Balaban J connectivity index is 0.000000774. The minimum Gasteiger partial charge on any atom is -0.476 e. The van der Waals surface area contributed by atoms with Crippen molar-refractivity contribution in [2.75, 3.05) is 0 Å². The van der Waals surface area contributed by atoms with Crippen molar-refractivity contribution < 1.29 is 14.7 Å². The summed E-state index contributed by atoms with van der Waals surface area (Å²) < 4.78 is 0. The van der Waals surface area contributed by atoms with E-state index in [0.29, 0.717) is 5.56 Å². The molecule has 3 rings (SSSR count). The van der Waals surface area contributed by atoms with Crippen molar-refractivity contribution in [2.24, 2.45) is 0 Å². The molecule has 2 N–H and O–H groups in total. The number of carboxylic acid groups (broad SMARTS) is 1. The largest absolute Gasteiger partial charge is 0.476 e. The van der Waals surface area contributed by atoms with Crippen LogP contribution in [0, 0.1) is 0 Å². The van der Waals surface area contributed by atoms with Crippen molar-refractivity contribution >= 4 is 34.0 Å². The number of aromatic nitrogens is 2. The number of aromatic carboxylic acids is 1. The van der Waals surface area contributed by atoms with Crippen LogP contribution >= 0.6 is 11.3 Å². The summed E-state index contributed by atoms with van der Waals surface area (Å²) in [5, 5.41) is 11.2. The summed E-state index contributed by atoms with van der Waals surface area (Å²) >= 11 is 1.04. The molecule has 2 heterocycles. The molecule has 5 nitrogen and oxygen atoms in total. The first kappa shape index (κ1) is 14.9. The number of hydrogen-bond acceptors (Lipinski definition) is 4. The van der Waals surface area contributed by atoms with E-state index in [1.807, 2.05) is 38.1 Å². The lowest BCUT2D eigenvalue weighted by molar-refractivity contribution is 0.0691. The second-order valence-corrected chi connectivity index (χ2v) is 4.78. The maximum absolute atomic E-state index is 12.3. The maximum atomic E-state index is 12.3. The third-order valence-corrected chi connectivity index (χ3v) is 3.59. The molecule has 0 aliphatic heterocycles. The fourth-order valence-electron chi connectivity index (χ4n) is 1.85. The van der Waals surface area contributed by atoms with Crippen molar-refractivity contribution in [2.45, 2.75) is 13.8 Å². The van der Waals surface area contributed by atoms with Crippen molar-refractivity contribution in [3.63, 3.8) is 0 Å². The van der Waals surface area contributed by atoms with Crippen LogP contribution in [-0.4, -0.2) is 26.8 Å².